The molecule has 2 nitrogen and oxygen atoms in total. The first kappa shape index (κ1) is 12.3. The van der Waals surface area contributed by atoms with Crippen LogP contribution in [0.2, 0.25) is 0 Å². The van der Waals surface area contributed by atoms with Crippen LogP contribution in [0.5, 0.6) is 0 Å². The van der Waals surface area contributed by atoms with E-state index in [1.807, 2.05) is 36.4 Å². The third-order valence-corrected chi connectivity index (χ3v) is 3.53. The number of halogens is 1. The Hall–Kier alpha value is -1.71. The van der Waals surface area contributed by atoms with Crippen LogP contribution in [0.1, 0.15) is 22.8 Å². The second-order valence-corrected chi connectivity index (χ2v) is 4.83. The van der Waals surface area contributed by atoms with Crippen molar-refractivity contribution in [2.24, 2.45) is 5.73 Å². The van der Waals surface area contributed by atoms with Gasteiger partial charge in [0.25, 0.3) is 0 Å². The molecule has 1 aliphatic heterocycles. The predicted octanol–water partition coefficient (Wildman–Crippen LogP) is 2.82. The molecule has 19 heavy (non-hydrogen) atoms. The van der Waals surface area contributed by atoms with E-state index < -0.39 is 0 Å². The lowest BCUT2D eigenvalue weighted by atomic mass is 9.90. The molecule has 2 atom stereocenters. The minimum Gasteiger partial charge on any atom is -0.364 e. The zero-order valence-corrected chi connectivity index (χ0v) is 10.6. The van der Waals surface area contributed by atoms with Gasteiger partial charge in [-0.05, 0) is 28.8 Å². The summed E-state index contributed by atoms with van der Waals surface area (Å²) in [5.74, 6) is -0.227. The third kappa shape index (κ3) is 2.39. The zero-order valence-electron chi connectivity index (χ0n) is 10.6. The largest absolute Gasteiger partial charge is 0.364 e. The predicted molar refractivity (Wildman–Crippen MR) is 72.3 cm³/mol. The van der Waals surface area contributed by atoms with E-state index in [9.17, 15) is 4.39 Å². The zero-order chi connectivity index (χ0) is 13.2. The van der Waals surface area contributed by atoms with Gasteiger partial charge < -0.3 is 10.5 Å². The van der Waals surface area contributed by atoms with E-state index in [4.69, 9.17) is 10.5 Å². The van der Waals surface area contributed by atoms with Crippen molar-refractivity contribution in [1.29, 1.82) is 0 Å². The molecule has 1 heterocycles. The van der Waals surface area contributed by atoms with Crippen molar-refractivity contribution < 1.29 is 9.13 Å². The summed E-state index contributed by atoms with van der Waals surface area (Å²) >= 11 is 0. The van der Waals surface area contributed by atoms with Gasteiger partial charge in [-0.1, -0.05) is 36.4 Å². The quantitative estimate of drug-likeness (QED) is 0.898. The van der Waals surface area contributed by atoms with Gasteiger partial charge >= 0.3 is 0 Å². The summed E-state index contributed by atoms with van der Waals surface area (Å²) < 4.78 is 19.5. The molecule has 0 saturated heterocycles. The van der Waals surface area contributed by atoms with Crippen molar-refractivity contribution in [3.05, 3.63) is 71.0 Å². The first-order chi connectivity index (χ1) is 9.28. The smallest absolute Gasteiger partial charge is 0.123 e. The van der Waals surface area contributed by atoms with E-state index in [1.54, 1.807) is 6.07 Å². The van der Waals surface area contributed by atoms with Crippen LogP contribution in [0, 0.1) is 5.82 Å². The SMILES string of the molecule is NCC1Cc2ccc(F)cc2C(c2ccccc2)O1. The van der Waals surface area contributed by atoms with Gasteiger partial charge in [-0.25, -0.2) is 4.39 Å². The second kappa shape index (κ2) is 5.11. The molecule has 0 spiro atoms. The summed E-state index contributed by atoms with van der Waals surface area (Å²) in [6.07, 6.45) is 0.507. The van der Waals surface area contributed by atoms with Crippen molar-refractivity contribution in [3.8, 4) is 0 Å². The number of hydrogen-bond donors (Lipinski definition) is 1. The number of rotatable bonds is 2. The van der Waals surface area contributed by atoms with E-state index in [0.717, 1.165) is 23.1 Å². The molecule has 1 aliphatic rings. The van der Waals surface area contributed by atoms with Crippen molar-refractivity contribution in [2.45, 2.75) is 18.6 Å². The molecule has 0 aliphatic carbocycles. The summed E-state index contributed by atoms with van der Waals surface area (Å²) in [7, 11) is 0. The number of benzene rings is 2. The monoisotopic (exact) mass is 257 g/mol. The standard InChI is InChI=1S/C16H16FNO/c17-13-7-6-12-8-14(10-18)19-16(15(12)9-13)11-4-2-1-3-5-11/h1-7,9,14,16H,8,10,18H2. The average Bonchev–Trinajstić information content (AvgIpc) is 2.47. The summed E-state index contributed by atoms with van der Waals surface area (Å²) in [5, 5.41) is 0. The van der Waals surface area contributed by atoms with E-state index in [0.29, 0.717) is 6.54 Å². The Labute approximate surface area is 112 Å². The lowest BCUT2D eigenvalue weighted by Crippen LogP contribution is -2.33. The molecular formula is C16H16FNO. The summed E-state index contributed by atoms with van der Waals surface area (Å²) in [5.41, 5.74) is 8.80. The average molecular weight is 257 g/mol. The maximum atomic E-state index is 13.5. The van der Waals surface area contributed by atoms with Gasteiger partial charge in [0.1, 0.15) is 11.9 Å². The van der Waals surface area contributed by atoms with Crippen LogP contribution in [-0.2, 0) is 11.2 Å². The molecule has 98 valence electrons. The lowest BCUT2D eigenvalue weighted by molar-refractivity contribution is 0.00144. The van der Waals surface area contributed by atoms with Gasteiger partial charge in [-0.15, -0.1) is 0 Å². The Kier molecular flexibility index (Phi) is 3.32. The summed E-state index contributed by atoms with van der Waals surface area (Å²) in [6, 6.07) is 14.8. The molecule has 0 saturated carbocycles. The summed E-state index contributed by atoms with van der Waals surface area (Å²) in [4.78, 5) is 0. The highest BCUT2D eigenvalue weighted by Gasteiger charge is 2.28. The van der Waals surface area contributed by atoms with Gasteiger partial charge in [0.05, 0.1) is 6.10 Å². The third-order valence-electron chi connectivity index (χ3n) is 3.53. The Morgan fingerprint density at radius 3 is 2.68 bits per heavy atom. The van der Waals surface area contributed by atoms with E-state index in [2.05, 4.69) is 0 Å². The van der Waals surface area contributed by atoms with Crippen molar-refractivity contribution in [3.63, 3.8) is 0 Å². The Bertz CT molecular complexity index is 570. The molecule has 3 heteroatoms. The van der Waals surface area contributed by atoms with Gasteiger partial charge in [-0.3, -0.25) is 0 Å². The maximum absolute atomic E-state index is 13.5. The number of fused-ring (bicyclic) bond motifs is 1. The highest BCUT2D eigenvalue weighted by Crippen LogP contribution is 2.35. The fourth-order valence-electron chi connectivity index (χ4n) is 2.58. The van der Waals surface area contributed by atoms with Crippen LogP contribution in [0.25, 0.3) is 0 Å². The van der Waals surface area contributed by atoms with Gasteiger partial charge in [-0.2, -0.15) is 0 Å². The molecular weight excluding hydrogens is 241 g/mol. The highest BCUT2D eigenvalue weighted by molar-refractivity contribution is 5.38. The molecule has 2 aromatic rings. The Balaban J connectivity index is 2.07. The molecule has 2 aromatic carbocycles. The van der Waals surface area contributed by atoms with Gasteiger partial charge in [0.2, 0.25) is 0 Å². The topological polar surface area (TPSA) is 35.2 Å². The highest BCUT2D eigenvalue weighted by atomic mass is 19.1. The molecule has 0 aromatic heterocycles. The van der Waals surface area contributed by atoms with Crippen LogP contribution >= 0.6 is 0 Å². The summed E-state index contributed by atoms with van der Waals surface area (Å²) in [6.45, 7) is 0.472. The van der Waals surface area contributed by atoms with Crippen LogP contribution in [-0.4, -0.2) is 12.6 Å². The fraction of sp³-hybridized carbons (Fsp3) is 0.250. The van der Waals surface area contributed by atoms with E-state index >= 15 is 0 Å². The van der Waals surface area contributed by atoms with Crippen LogP contribution in [0.4, 0.5) is 4.39 Å². The fourth-order valence-corrected chi connectivity index (χ4v) is 2.58. The molecule has 3 rings (SSSR count). The van der Waals surface area contributed by atoms with Crippen LogP contribution in [0.15, 0.2) is 48.5 Å². The minimum absolute atomic E-state index is 0.0110. The van der Waals surface area contributed by atoms with Crippen molar-refractivity contribution >= 4 is 0 Å². The molecule has 2 N–H and O–H groups in total. The van der Waals surface area contributed by atoms with Crippen molar-refractivity contribution in [2.75, 3.05) is 6.54 Å². The Morgan fingerprint density at radius 1 is 1.16 bits per heavy atom. The molecule has 0 bridgehead atoms. The maximum Gasteiger partial charge on any atom is 0.123 e. The van der Waals surface area contributed by atoms with E-state index in [-0.39, 0.29) is 18.0 Å². The van der Waals surface area contributed by atoms with Gasteiger partial charge in [0, 0.05) is 13.0 Å². The Morgan fingerprint density at radius 2 is 1.95 bits per heavy atom. The van der Waals surface area contributed by atoms with Crippen LogP contribution in [0.3, 0.4) is 0 Å². The normalized spacial score (nSPS) is 22.0. The first-order valence-corrected chi connectivity index (χ1v) is 6.46. The van der Waals surface area contributed by atoms with Crippen LogP contribution < -0.4 is 5.73 Å². The molecule has 0 fully saturated rings. The van der Waals surface area contributed by atoms with E-state index in [1.165, 1.54) is 6.07 Å². The molecule has 2 unspecified atom stereocenters. The molecule has 0 amide bonds. The first-order valence-electron chi connectivity index (χ1n) is 6.46. The van der Waals surface area contributed by atoms with Crippen molar-refractivity contribution in [1.82, 2.24) is 0 Å². The molecule has 0 radical (unpaired) electrons. The number of nitrogens with two attached hydrogens (primary N) is 1. The number of hydrogen-bond acceptors (Lipinski definition) is 2. The second-order valence-electron chi connectivity index (χ2n) is 4.83. The van der Waals surface area contributed by atoms with Gasteiger partial charge in [0.15, 0.2) is 0 Å². The minimum atomic E-state index is -0.228. The number of ether oxygens (including phenoxy) is 1. The lowest BCUT2D eigenvalue weighted by Gasteiger charge is -2.32.